The van der Waals surface area contributed by atoms with Crippen molar-refractivity contribution in [1.82, 2.24) is 0 Å². The highest BCUT2D eigenvalue weighted by atomic mass is 28.3. The lowest BCUT2D eigenvalue weighted by Crippen LogP contribution is -2.44. The molecule has 0 saturated heterocycles. The molecule has 4 nitrogen and oxygen atoms in total. The number of hydrogen-bond donors (Lipinski definition) is 0. The second-order valence-electron chi connectivity index (χ2n) is 29.0. The minimum absolute atomic E-state index is 0.0378. The number of nitrogens with zero attached hydrogens (tertiary/aromatic N) is 4. The summed E-state index contributed by atoms with van der Waals surface area (Å²) in [6.45, 7) is 32.7. The van der Waals surface area contributed by atoms with Gasteiger partial charge in [0.15, 0.2) is 24.8 Å². The Kier molecular flexibility index (Phi) is 15.9. The Labute approximate surface area is 577 Å². The molecule has 0 N–H and O–H groups in total. The first-order valence-corrected chi connectivity index (χ1v) is 35.0. The molecule has 0 aliphatic rings. The predicted octanol–water partition coefficient (Wildman–Crippen LogP) is 19.8. The van der Waals surface area contributed by atoms with Crippen LogP contribution in [0.1, 0.15) is 148 Å². The van der Waals surface area contributed by atoms with Gasteiger partial charge in [-0.3, -0.25) is 0 Å². The fourth-order valence-electron chi connectivity index (χ4n) is 11.2. The van der Waals surface area contributed by atoms with E-state index in [1.807, 2.05) is 52.3 Å². The van der Waals surface area contributed by atoms with Crippen LogP contribution in [-0.2, 0) is 47.4 Å². The van der Waals surface area contributed by atoms with Crippen molar-refractivity contribution < 1.29 is 42.9 Å². The van der Waals surface area contributed by atoms with Gasteiger partial charge in [-0.1, -0.05) is 197 Å². The maximum atomic E-state index is 8.72. The fraction of sp³-hybridized carbons (Fsp3) is 0.349. The summed E-state index contributed by atoms with van der Waals surface area (Å²) in [6.07, 6.45) is 8.42. The highest BCUT2D eigenvalue weighted by Gasteiger charge is 2.27. The van der Waals surface area contributed by atoms with Crippen LogP contribution in [0.5, 0.6) is 0 Å². The van der Waals surface area contributed by atoms with Gasteiger partial charge in [0.2, 0.25) is 22.8 Å². The molecule has 5 heteroatoms. The fourth-order valence-corrected chi connectivity index (χ4v) is 12.3. The molecule has 0 spiro atoms. The van der Waals surface area contributed by atoms with Crippen LogP contribution in [0.2, 0.25) is 19.6 Å². The van der Waals surface area contributed by atoms with Gasteiger partial charge in [-0.25, -0.2) is 18.3 Å². The van der Waals surface area contributed by atoms with Crippen LogP contribution >= 0.6 is 0 Å². The Balaban J connectivity index is 0.000000217. The Morgan fingerprint density at radius 2 is 0.824 bits per heavy atom. The van der Waals surface area contributed by atoms with Crippen molar-refractivity contribution in [3.63, 3.8) is 0 Å². The molecule has 0 bridgehead atoms. The standard InChI is InChI=1S/C30H40N.C26H32N.C16H22NSi.C14H16N/c1-21-15-22(2)27(17-26(21)23-13-11-10-12-14-23)28-16-24(18-29(3,4)5)25(20-31(28)9)19-30(6,7)8;1-18-14-25(27(7)17-22(18)16-26(4,5)6)24-15-23(19(2)13-20(24)3)21-11-9-8-10-12-21;1-13-8-6-7-9-15(13)16-11-10-14(12-17(16)2)18(3,4)5;1-11-8-9-15(3)14(10-11)13-7-5-4-6-12(13)2/h10-17,20H,18-19H2,1-9H3;8-15,17H,16H2,1-7H3;6-12H,1-5H3;4-10H,1-3H3/q4*+1/i1D3,10D,11D,12D,13D,14D;2D3,8D,9D,10D,11D,12D,16D2;;. The van der Waals surface area contributed by atoms with Crippen molar-refractivity contribution in [2.45, 2.75) is 156 Å². The largest absolute Gasteiger partial charge is 0.212 e. The summed E-state index contributed by atoms with van der Waals surface area (Å²) in [5, 5.41) is 1.50. The summed E-state index contributed by atoms with van der Waals surface area (Å²) in [5.74, 6) is 0. The third-order valence-corrected chi connectivity index (χ3v) is 17.9. The highest BCUT2D eigenvalue weighted by Crippen LogP contribution is 2.36. The van der Waals surface area contributed by atoms with E-state index in [2.05, 4.69) is 203 Å². The minimum Gasteiger partial charge on any atom is -0.201 e. The summed E-state index contributed by atoms with van der Waals surface area (Å²) in [7, 11) is 6.74. The Morgan fingerprint density at radius 1 is 0.385 bits per heavy atom. The average Bonchev–Trinajstić information content (AvgIpc) is 0.746. The molecule has 0 atom stereocenters. The number of rotatable bonds is 10. The van der Waals surface area contributed by atoms with Gasteiger partial charge in [0.1, 0.15) is 28.2 Å². The van der Waals surface area contributed by atoms with Crippen molar-refractivity contribution in [2.24, 2.45) is 44.4 Å². The van der Waals surface area contributed by atoms with Crippen LogP contribution in [-0.4, -0.2) is 8.07 Å². The third-order valence-electron chi connectivity index (χ3n) is 15.9. The second kappa shape index (κ2) is 29.6. The van der Waals surface area contributed by atoms with Crippen molar-refractivity contribution in [3.8, 4) is 67.3 Å². The molecule has 4 heterocycles. The molecule has 0 aliphatic carbocycles. The van der Waals surface area contributed by atoms with E-state index in [-0.39, 0.29) is 44.2 Å². The van der Waals surface area contributed by atoms with E-state index in [9.17, 15) is 0 Å². The quantitative estimate of drug-likeness (QED) is 0.0958. The molecule has 0 fully saturated rings. The van der Waals surface area contributed by atoms with Crippen molar-refractivity contribution in [1.29, 1.82) is 0 Å². The number of pyridine rings is 4. The van der Waals surface area contributed by atoms with E-state index in [1.165, 1.54) is 61.6 Å². The summed E-state index contributed by atoms with van der Waals surface area (Å²) < 4.78 is 157. The van der Waals surface area contributed by atoms with Crippen LogP contribution in [0.3, 0.4) is 0 Å². The molecule has 0 unspecified atom stereocenters. The monoisotopic (exact) mass is 1240 g/mol. The highest BCUT2D eigenvalue weighted by molar-refractivity contribution is 6.88. The molecular weight excluding hydrogens is 1120 g/mol. The lowest BCUT2D eigenvalue weighted by Gasteiger charge is -2.24. The van der Waals surface area contributed by atoms with Crippen LogP contribution in [0.15, 0.2) is 194 Å². The van der Waals surface area contributed by atoms with E-state index in [0.29, 0.717) is 22.4 Å². The number of aromatic nitrogens is 4. The van der Waals surface area contributed by atoms with Gasteiger partial charge in [-0.2, -0.15) is 0 Å². The molecule has 4 aromatic heterocycles. The molecule has 474 valence electrons. The molecule has 91 heavy (non-hydrogen) atoms. The lowest BCUT2D eigenvalue weighted by atomic mass is 9.81. The summed E-state index contributed by atoms with van der Waals surface area (Å²) in [5.41, 5.74) is 16.4. The average molecular weight is 1250 g/mol. The number of aryl methyl sites for hydroxylation is 12. The topological polar surface area (TPSA) is 15.5 Å². The summed E-state index contributed by atoms with van der Waals surface area (Å²) in [6, 6.07) is 31.4. The zero-order chi connectivity index (χ0) is 82.4. The van der Waals surface area contributed by atoms with Gasteiger partial charge < -0.3 is 0 Å². The Hall–Kier alpha value is -7.86. The zero-order valence-electron chi connectivity index (χ0n) is 76.4. The van der Waals surface area contributed by atoms with Gasteiger partial charge in [0.25, 0.3) is 0 Å². The van der Waals surface area contributed by atoms with Gasteiger partial charge in [-0.15, -0.1) is 0 Å². The molecule has 10 rings (SSSR count). The van der Waals surface area contributed by atoms with Crippen molar-refractivity contribution in [3.05, 3.63) is 256 Å². The minimum atomic E-state index is -2.59. The number of hydrogen-bond acceptors (Lipinski definition) is 0. The third kappa shape index (κ3) is 19.3. The van der Waals surface area contributed by atoms with E-state index >= 15 is 0 Å². The molecule has 10 aromatic rings. The maximum Gasteiger partial charge on any atom is 0.212 e. The first-order chi connectivity index (χ1) is 49.9. The molecule has 0 saturated carbocycles. The van der Waals surface area contributed by atoms with Crippen LogP contribution < -0.4 is 23.5 Å². The second-order valence-corrected chi connectivity index (χ2v) is 34.0. The van der Waals surface area contributed by atoms with Gasteiger partial charge in [-0.05, 0) is 187 Å². The molecule has 0 aliphatic heterocycles. The van der Waals surface area contributed by atoms with Crippen LogP contribution in [0.4, 0.5) is 0 Å². The van der Waals surface area contributed by atoms with Gasteiger partial charge in [0, 0.05) is 79.9 Å². The normalized spacial score (nSPS) is 14.9. The van der Waals surface area contributed by atoms with E-state index < -0.39 is 94.0 Å². The Bertz CT molecular complexity index is 5030. The van der Waals surface area contributed by atoms with Crippen molar-refractivity contribution >= 4 is 13.3 Å². The zero-order valence-corrected chi connectivity index (χ0v) is 59.4. The summed E-state index contributed by atoms with van der Waals surface area (Å²) in [4.78, 5) is 0. The smallest absolute Gasteiger partial charge is 0.201 e. The van der Waals surface area contributed by atoms with Gasteiger partial charge >= 0.3 is 0 Å². The van der Waals surface area contributed by atoms with Crippen LogP contribution in [0, 0.1) is 71.5 Å². The van der Waals surface area contributed by atoms with Crippen molar-refractivity contribution in [2.75, 3.05) is 0 Å². The van der Waals surface area contributed by atoms with E-state index in [4.69, 9.17) is 24.7 Å². The Morgan fingerprint density at radius 3 is 1.27 bits per heavy atom. The predicted molar refractivity (Wildman–Crippen MR) is 393 cm³/mol. The molecule has 0 amide bonds. The van der Waals surface area contributed by atoms with E-state index in [0.717, 1.165) is 35.2 Å². The first kappa shape index (κ1) is 48.9. The lowest BCUT2D eigenvalue weighted by molar-refractivity contribution is -0.661. The molecule has 0 radical (unpaired) electrons. The molecular formula is C86H110N4Si+4. The SMILES string of the molecule is Cc1cc[n+](C)c(-c2ccccc2C)c1.Cc1ccccc1-c1ccc([Si](C)(C)C)c[n+]1C.[2H]c1c([2H])c([2H])c(-c2cc(-c3cc(C)c(C([2H])([2H])C(C)(C)C)c[n+]3C)c(C)cc2C([2H])([2H])[2H])c([2H])c1[2H].[2H]c1c([2H])c([2H])c(-c2cc(-c3cc(CC(C)(C)C)c(CC(C)(C)C)c[n+]3C)c(C)cc2C([2H])([2H])[2H])c([2H])c1[2H]. The summed E-state index contributed by atoms with van der Waals surface area (Å²) >= 11 is 0. The van der Waals surface area contributed by atoms with Gasteiger partial charge in [0.05, 0.1) is 21.8 Å². The maximum absolute atomic E-state index is 8.72. The molecule has 6 aromatic carbocycles. The van der Waals surface area contributed by atoms with Crippen LogP contribution in [0.25, 0.3) is 67.3 Å². The first-order valence-electron chi connectivity index (χ1n) is 40.5. The number of benzene rings is 6. The van der Waals surface area contributed by atoms with E-state index in [1.54, 1.807) is 42.9 Å².